The van der Waals surface area contributed by atoms with E-state index in [1.54, 1.807) is 48.5 Å². The van der Waals surface area contributed by atoms with Crippen molar-refractivity contribution >= 4 is 17.5 Å². The van der Waals surface area contributed by atoms with Crippen LogP contribution in [0.5, 0.6) is 5.75 Å². The van der Waals surface area contributed by atoms with E-state index in [2.05, 4.69) is 0 Å². The zero-order chi connectivity index (χ0) is 19.2. The standard InChI is InChI=1S/C21H19ClFNO3/c1-15-11-17(8-9-19(15)22)27-14-21(25)24(13-18-6-4-10-26-18)12-16-5-2-3-7-20(16)23/h2-11H,12-14H2,1H3. The molecule has 6 heteroatoms. The van der Waals surface area contributed by atoms with Crippen molar-refractivity contribution in [2.75, 3.05) is 6.61 Å². The molecule has 0 unspecified atom stereocenters. The summed E-state index contributed by atoms with van der Waals surface area (Å²) in [5.74, 6) is 0.530. The lowest BCUT2D eigenvalue weighted by Crippen LogP contribution is -2.34. The van der Waals surface area contributed by atoms with E-state index in [1.165, 1.54) is 17.2 Å². The third-order valence-corrected chi connectivity index (χ3v) is 4.51. The van der Waals surface area contributed by atoms with Gasteiger partial charge in [0.2, 0.25) is 0 Å². The van der Waals surface area contributed by atoms with Crippen LogP contribution in [0.1, 0.15) is 16.9 Å². The summed E-state index contributed by atoms with van der Waals surface area (Å²) < 4.78 is 24.9. The van der Waals surface area contributed by atoms with Gasteiger partial charge in [-0.15, -0.1) is 0 Å². The van der Waals surface area contributed by atoms with Crippen molar-refractivity contribution in [2.45, 2.75) is 20.0 Å². The Morgan fingerprint density at radius 2 is 1.96 bits per heavy atom. The lowest BCUT2D eigenvalue weighted by Gasteiger charge is -2.22. The number of aryl methyl sites for hydroxylation is 1. The molecule has 0 saturated carbocycles. The monoisotopic (exact) mass is 387 g/mol. The average molecular weight is 388 g/mol. The average Bonchev–Trinajstić information content (AvgIpc) is 3.17. The highest BCUT2D eigenvalue weighted by atomic mass is 35.5. The molecule has 0 atom stereocenters. The van der Waals surface area contributed by atoms with E-state index in [-0.39, 0.29) is 31.4 Å². The summed E-state index contributed by atoms with van der Waals surface area (Å²) in [6.07, 6.45) is 1.54. The number of nitrogens with zero attached hydrogens (tertiary/aromatic N) is 1. The smallest absolute Gasteiger partial charge is 0.261 e. The Morgan fingerprint density at radius 1 is 1.15 bits per heavy atom. The van der Waals surface area contributed by atoms with Crippen LogP contribution in [-0.4, -0.2) is 17.4 Å². The molecule has 1 aromatic heterocycles. The van der Waals surface area contributed by atoms with Gasteiger partial charge in [-0.2, -0.15) is 0 Å². The van der Waals surface area contributed by atoms with Crippen LogP contribution in [0.3, 0.4) is 0 Å². The van der Waals surface area contributed by atoms with Crippen LogP contribution in [0.4, 0.5) is 4.39 Å². The lowest BCUT2D eigenvalue weighted by atomic mass is 10.2. The summed E-state index contributed by atoms with van der Waals surface area (Å²) in [7, 11) is 0. The Balaban J connectivity index is 1.71. The summed E-state index contributed by atoms with van der Waals surface area (Å²) >= 11 is 6.00. The SMILES string of the molecule is Cc1cc(OCC(=O)N(Cc2ccco2)Cc2ccccc2F)ccc1Cl. The summed E-state index contributed by atoms with van der Waals surface area (Å²) in [4.78, 5) is 14.2. The molecule has 0 saturated heterocycles. The number of amides is 1. The first-order valence-electron chi connectivity index (χ1n) is 8.45. The number of furan rings is 1. The Bertz CT molecular complexity index is 912. The molecule has 0 fully saturated rings. The first-order chi connectivity index (χ1) is 13.0. The van der Waals surface area contributed by atoms with Crippen molar-refractivity contribution in [3.05, 3.63) is 88.6 Å². The van der Waals surface area contributed by atoms with E-state index in [4.69, 9.17) is 20.8 Å². The molecule has 0 N–H and O–H groups in total. The number of hydrogen-bond donors (Lipinski definition) is 0. The summed E-state index contributed by atoms with van der Waals surface area (Å²) in [5, 5.41) is 0.632. The number of carbonyl (C=O) groups excluding carboxylic acids is 1. The van der Waals surface area contributed by atoms with Gasteiger partial charge in [-0.1, -0.05) is 29.8 Å². The van der Waals surface area contributed by atoms with Gasteiger partial charge in [0.15, 0.2) is 6.61 Å². The highest BCUT2D eigenvalue weighted by molar-refractivity contribution is 6.31. The molecule has 0 radical (unpaired) electrons. The number of benzene rings is 2. The topological polar surface area (TPSA) is 42.7 Å². The van der Waals surface area contributed by atoms with Gasteiger partial charge in [0.05, 0.1) is 12.8 Å². The second-order valence-corrected chi connectivity index (χ2v) is 6.53. The lowest BCUT2D eigenvalue weighted by molar-refractivity contribution is -0.134. The highest BCUT2D eigenvalue weighted by Crippen LogP contribution is 2.21. The van der Waals surface area contributed by atoms with Crippen molar-refractivity contribution in [3.8, 4) is 5.75 Å². The zero-order valence-corrected chi connectivity index (χ0v) is 15.6. The molecule has 140 valence electrons. The van der Waals surface area contributed by atoms with Gasteiger partial charge in [-0.3, -0.25) is 4.79 Å². The number of rotatable bonds is 7. The minimum Gasteiger partial charge on any atom is -0.484 e. The molecule has 0 spiro atoms. The third kappa shape index (κ3) is 5.11. The van der Waals surface area contributed by atoms with E-state index < -0.39 is 0 Å². The largest absolute Gasteiger partial charge is 0.484 e. The van der Waals surface area contributed by atoms with Crippen molar-refractivity contribution in [1.82, 2.24) is 4.90 Å². The summed E-state index contributed by atoms with van der Waals surface area (Å²) in [6.45, 7) is 2.03. The van der Waals surface area contributed by atoms with Crippen molar-refractivity contribution in [3.63, 3.8) is 0 Å². The molecular formula is C21H19ClFNO3. The van der Waals surface area contributed by atoms with Crippen LogP contribution in [0.25, 0.3) is 0 Å². The van der Waals surface area contributed by atoms with E-state index >= 15 is 0 Å². The number of hydrogen-bond acceptors (Lipinski definition) is 3. The van der Waals surface area contributed by atoms with Crippen LogP contribution in [0.15, 0.2) is 65.3 Å². The van der Waals surface area contributed by atoms with Crippen LogP contribution in [0.2, 0.25) is 5.02 Å². The quantitative estimate of drug-likeness (QED) is 0.573. The molecule has 1 heterocycles. The van der Waals surface area contributed by atoms with Crippen LogP contribution in [-0.2, 0) is 17.9 Å². The Labute approximate surface area is 162 Å². The maximum Gasteiger partial charge on any atom is 0.261 e. The van der Waals surface area contributed by atoms with Gasteiger partial charge in [0.1, 0.15) is 17.3 Å². The Kier molecular flexibility index (Phi) is 6.14. The highest BCUT2D eigenvalue weighted by Gasteiger charge is 2.18. The van der Waals surface area contributed by atoms with Gasteiger partial charge in [0, 0.05) is 17.1 Å². The first kappa shape index (κ1) is 19.0. The van der Waals surface area contributed by atoms with Crippen molar-refractivity contribution in [1.29, 1.82) is 0 Å². The van der Waals surface area contributed by atoms with Gasteiger partial charge >= 0.3 is 0 Å². The summed E-state index contributed by atoms with van der Waals surface area (Å²) in [6, 6.07) is 15.1. The van der Waals surface area contributed by atoms with Gasteiger partial charge in [0.25, 0.3) is 5.91 Å². The number of halogens is 2. The predicted molar refractivity (Wildman–Crippen MR) is 101 cm³/mol. The minimum atomic E-state index is -0.357. The normalized spacial score (nSPS) is 10.6. The van der Waals surface area contributed by atoms with Crippen LogP contribution >= 0.6 is 11.6 Å². The van der Waals surface area contributed by atoms with Crippen molar-refractivity contribution in [2.24, 2.45) is 0 Å². The molecule has 27 heavy (non-hydrogen) atoms. The van der Waals surface area contributed by atoms with Gasteiger partial charge in [-0.05, 0) is 48.9 Å². The molecule has 2 aromatic carbocycles. The van der Waals surface area contributed by atoms with Gasteiger partial charge in [-0.25, -0.2) is 4.39 Å². The molecular weight excluding hydrogens is 369 g/mol. The minimum absolute atomic E-state index is 0.120. The fraction of sp³-hybridized carbons (Fsp3) is 0.190. The number of ether oxygens (including phenoxy) is 1. The van der Waals surface area contributed by atoms with Crippen molar-refractivity contribution < 1.29 is 18.3 Å². The Hall–Kier alpha value is -2.79. The van der Waals surface area contributed by atoms with Crippen LogP contribution < -0.4 is 4.74 Å². The summed E-state index contributed by atoms with van der Waals surface area (Å²) in [5.41, 5.74) is 1.29. The molecule has 0 aliphatic rings. The second kappa shape index (κ2) is 8.73. The number of carbonyl (C=O) groups is 1. The molecule has 4 nitrogen and oxygen atoms in total. The fourth-order valence-electron chi connectivity index (χ4n) is 2.60. The second-order valence-electron chi connectivity index (χ2n) is 6.12. The fourth-order valence-corrected chi connectivity index (χ4v) is 2.72. The molecule has 1 amide bonds. The zero-order valence-electron chi connectivity index (χ0n) is 14.8. The third-order valence-electron chi connectivity index (χ3n) is 4.09. The maximum absolute atomic E-state index is 14.0. The molecule has 0 bridgehead atoms. The molecule has 0 aliphatic carbocycles. The molecule has 3 aromatic rings. The van der Waals surface area contributed by atoms with E-state index in [0.29, 0.717) is 22.1 Å². The molecule has 3 rings (SSSR count). The Morgan fingerprint density at radius 3 is 2.67 bits per heavy atom. The van der Waals surface area contributed by atoms with Gasteiger partial charge < -0.3 is 14.1 Å². The van der Waals surface area contributed by atoms with E-state index in [9.17, 15) is 9.18 Å². The van der Waals surface area contributed by atoms with Crippen LogP contribution in [0, 0.1) is 12.7 Å². The predicted octanol–water partition coefficient (Wildman–Crippen LogP) is 4.99. The molecule has 0 aliphatic heterocycles. The first-order valence-corrected chi connectivity index (χ1v) is 8.83. The maximum atomic E-state index is 14.0. The van der Waals surface area contributed by atoms with E-state index in [1.807, 2.05) is 6.92 Å². The van der Waals surface area contributed by atoms with E-state index in [0.717, 1.165) is 5.56 Å².